The van der Waals surface area contributed by atoms with Gasteiger partial charge >= 0.3 is 0 Å². The molecule has 0 bridgehead atoms. The van der Waals surface area contributed by atoms with E-state index in [1.54, 1.807) is 36.8 Å². The maximum Gasteiger partial charge on any atom is 0.256 e. The number of benzene rings is 1. The molecule has 0 spiro atoms. The zero-order chi connectivity index (χ0) is 24.0. The lowest BCUT2D eigenvalue weighted by Gasteiger charge is -2.22. The van der Waals surface area contributed by atoms with Crippen LogP contribution in [0.25, 0.3) is 0 Å². The van der Waals surface area contributed by atoms with Gasteiger partial charge in [0, 0.05) is 46.9 Å². The number of nitrogens with zero attached hydrogens (tertiary/aromatic N) is 4. The van der Waals surface area contributed by atoms with E-state index in [1.165, 1.54) is 0 Å². The molecule has 0 saturated heterocycles. The molecule has 1 aromatic carbocycles. The van der Waals surface area contributed by atoms with Crippen LogP contribution in [0.1, 0.15) is 28.0 Å². The second-order valence-electron chi connectivity index (χ2n) is 8.28. The average Bonchev–Trinajstić information content (AvgIpc) is 2.90. The first-order valence-electron chi connectivity index (χ1n) is 11.4. The lowest BCUT2D eigenvalue weighted by Crippen LogP contribution is -2.16. The van der Waals surface area contributed by atoms with Crippen molar-refractivity contribution in [3.05, 3.63) is 96.1 Å². The first-order valence-corrected chi connectivity index (χ1v) is 11.4. The van der Waals surface area contributed by atoms with Gasteiger partial charge in [-0.25, -0.2) is 4.98 Å². The van der Waals surface area contributed by atoms with Crippen molar-refractivity contribution in [3.63, 3.8) is 0 Å². The number of fused-ring (bicyclic) bond motifs is 1. The average molecular weight is 462 g/mol. The summed E-state index contributed by atoms with van der Waals surface area (Å²) in [5.74, 6) is 0.841. The summed E-state index contributed by atoms with van der Waals surface area (Å²) in [6, 6.07) is 20.6. The topological polar surface area (TPSA) is 116 Å². The van der Waals surface area contributed by atoms with Crippen LogP contribution in [0.3, 0.4) is 0 Å². The number of carbonyl (C=O) groups excluding carboxylic acids is 1. The predicted molar refractivity (Wildman–Crippen MR) is 135 cm³/mol. The van der Waals surface area contributed by atoms with E-state index in [9.17, 15) is 10.1 Å². The second-order valence-corrected chi connectivity index (χ2v) is 8.28. The first kappa shape index (κ1) is 22.0. The third kappa shape index (κ3) is 5.25. The number of nitriles is 1. The van der Waals surface area contributed by atoms with E-state index >= 15 is 0 Å². The van der Waals surface area contributed by atoms with E-state index in [1.807, 2.05) is 42.5 Å². The van der Waals surface area contributed by atoms with Gasteiger partial charge in [-0.2, -0.15) is 5.26 Å². The molecule has 4 aromatic rings. The number of aryl methyl sites for hydroxylation is 1. The van der Waals surface area contributed by atoms with E-state index < -0.39 is 0 Å². The Kier molecular flexibility index (Phi) is 6.31. The van der Waals surface area contributed by atoms with Crippen molar-refractivity contribution in [3.8, 4) is 6.07 Å². The Labute approximate surface area is 203 Å². The summed E-state index contributed by atoms with van der Waals surface area (Å²) in [4.78, 5) is 25.7. The molecule has 5 rings (SSSR count). The van der Waals surface area contributed by atoms with Crippen LogP contribution in [0.15, 0.2) is 79.3 Å². The maximum atomic E-state index is 12.8. The Morgan fingerprint density at radius 3 is 2.49 bits per heavy atom. The molecule has 0 saturated carbocycles. The smallest absolute Gasteiger partial charge is 0.256 e. The van der Waals surface area contributed by atoms with Crippen molar-refractivity contribution in [2.24, 2.45) is 5.92 Å². The Bertz CT molecular complexity index is 1380. The molecular formula is C27H23N7O. The number of pyridine rings is 3. The van der Waals surface area contributed by atoms with Crippen LogP contribution in [-0.2, 0) is 12.8 Å². The third-order valence-electron chi connectivity index (χ3n) is 5.88. The summed E-state index contributed by atoms with van der Waals surface area (Å²) in [6.07, 6.45) is 7.54. The van der Waals surface area contributed by atoms with Crippen molar-refractivity contribution in [2.75, 3.05) is 16.0 Å². The monoisotopic (exact) mass is 461 g/mol. The second kappa shape index (κ2) is 10.0. The quantitative estimate of drug-likeness (QED) is 0.360. The van der Waals surface area contributed by atoms with Crippen LogP contribution in [-0.4, -0.2) is 20.9 Å². The van der Waals surface area contributed by atoms with E-state index in [0.29, 0.717) is 23.6 Å². The molecule has 1 aliphatic rings. The summed E-state index contributed by atoms with van der Waals surface area (Å²) in [5, 5.41) is 18.8. The minimum atomic E-state index is -0.247. The zero-order valence-electron chi connectivity index (χ0n) is 18.9. The van der Waals surface area contributed by atoms with Crippen molar-refractivity contribution in [1.82, 2.24) is 15.0 Å². The van der Waals surface area contributed by atoms with Crippen LogP contribution in [0.4, 0.5) is 28.7 Å². The summed E-state index contributed by atoms with van der Waals surface area (Å²) in [5.41, 5.74) is 5.33. The normalized spacial score (nSPS) is 14.3. The highest BCUT2D eigenvalue weighted by Gasteiger charge is 2.21. The van der Waals surface area contributed by atoms with Crippen LogP contribution in [0.5, 0.6) is 0 Å². The Hall–Kier alpha value is -4.77. The summed E-state index contributed by atoms with van der Waals surface area (Å²) < 4.78 is 0. The number of hydrogen-bond donors (Lipinski definition) is 3. The van der Waals surface area contributed by atoms with Crippen LogP contribution >= 0.6 is 0 Å². The number of rotatable bonds is 6. The first-order chi connectivity index (χ1) is 17.2. The van der Waals surface area contributed by atoms with Gasteiger partial charge < -0.3 is 16.0 Å². The minimum absolute atomic E-state index is 0.0188. The van der Waals surface area contributed by atoms with E-state index in [0.717, 1.165) is 41.2 Å². The molecule has 0 aliphatic heterocycles. The van der Waals surface area contributed by atoms with E-state index in [4.69, 9.17) is 0 Å². The van der Waals surface area contributed by atoms with Gasteiger partial charge in [0.2, 0.25) is 0 Å². The summed E-state index contributed by atoms with van der Waals surface area (Å²) >= 11 is 0. The van der Waals surface area contributed by atoms with Crippen LogP contribution in [0, 0.1) is 17.2 Å². The number of hydrogen-bond acceptors (Lipinski definition) is 7. The molecule has 1 unspecified atom stereocenters. The minimum Gasteiger partial charge on any atom is -0.355 e. The number of anilines is 5. The fourth-order valence-corrected chi connectivity index (χ4v) is 4.07. The third-order valence-corrected chi connectivity index (χ3v) is 5.88. The largest absolute Gasteiger partial charge is 0.355 e. The van der Waals surface area contributed by atoms with Gasteiger partial charge in [-0.05, 0) is 79.4 Å². The van der Waals surface area contributed by atoms with Crippen LogP contribution in [0.2, 0.25) is 0 Å². The van der Waals surface area contributed by atoms with Gasteiger partial charge in [-0.15, -0.1) is 0 Å². The summed E-state index contributed by atoms with van der Waals surface area (Å²) in [6.45, 7) is 0. The molecule has 172 valence electrons. The zero-order valence-corrected chi connectivity index (χ0v) is 18.9. The van der Waals surface area contributed by atoms with Gasteiger partial charge in [0.25, 0.3) is 5.91 Å². The van der Waals surface area contributed by atoms with Gasteiger partial charge in [-0.1, -0.05) is 6.07 Å². The van der Waals surface area contributed by atoms with Gasteiger partial charge in [0.1, 0.15) is 11.6 Å². The molecule has 0 fully saturated rings. The molecule has 1 amide bonds. The Morgan fingerprint density at radius 2 is 1.69 bits per heavy atom. The molecule has 8 heteroatoms. The number of amides is 1. The van der Waals surface area contributed by atoms with Gasteiger partial charge in [0.05, 0.1) is 12.0 Å². The lowest BCUT2D eigenvalue weighted by atomic mass is 9.86. The number of nitrogens with one attached hydrogen (secondary N) is 3. The van der Waals surface area contributed by atoms with Gasteiger partial charge in [-0.3, -0.25) is 14.8 Å². The molecule has 3 N–H and O–H groups in total. The molecule has 35 heavy (non-hydrogen) atoms. The highest BCUT2D eigenvalue weighted by atomic mass is 16.1. The fraction of sp³-hybridized carbons (Fsp3) is 0.148. The Balaban J connectivity index is 1.25. The van der Waals surface area contributed by atoms with E-state index in [-0.39, 0.29) is 11.8 Å². The maximum absolute atomic E-state index is 12.8. The standard InChI is InChI=1S/C27H23N7O/c28-17-18-4-9-23-22(16-18)24(12-15-30-23)31-20-7-5-19(6-8-20)27(35)34-26-3-1-2-25(33-26)32-21-10-13-29-14-11-21/h1-3,5-8,10-15,18H,4,9,16H2,(H,30,31)(H2,29,32,33,34,35). The molecular weight excluding hydrogens is 438 g/mol. The Morgan fingerprint density at radius 1 is 0.914 bits per heavy atom. The molecule has 1 atom stereocenters. The molecule has 8 nitrogen and oxygen atoms in total. The van der Waals surface area contributed by atoms with Crippen LogP contribution < -0.4 is 16.0 Å². The van der Waals surface area contributed by atoms with Crippen molar-refractivity contribution >= 4 is 34.6 Å². The van der Waals surface area contributed by atoms with Crippen molar-refractivity contribution in [2.45, 2.75) is 19.3 Å². The van der Waals surface area contributed by atoms with E-state index in [2.05, 4.69) is 37.0 Å². The highest BCUT2D eigenvalue weighted by Crippen LogP contribution is 2.31. The molecule has 1 aliphatic carbocycles. The molecule has 0 radical (unpaired) electrons. The lowest BCUT2D eigenvalue weighted by molar-refractivity contribution is 0.102. The number of aromatic nitrogens is 3. The SMILES string of the molecule is N#CC1CCc2nccc(Nc3ccc(C(=O)Nc4cccc(Nc5ccncc5)n4)cc3)c2C1. The predicted octanol–water partition coefficient (Wildman–Crippen LogP) is 5.24. The molecule has 3 heterocycles. The van der Waals surface area contributed by atoms with Gasteiger partial charge in [0.15, 0.2) is 0 Å². The fourth-order valence-electron chi connectivity index (χ4n) is 4.07. The molecule has 3 aromatic heterocycles. The summed E-state index contributed by atoms with van der Waals surface area (Å²) in [7, 11) is 0. The van der Waals surface area contributed by atoms with Crippen molar-refractivity contribution < 1.29 is 4.79 Å². The highest BCUT2D eigenvalue weighted by molar-refractivity contribution is 6.04. The van der Waals surface area contributed by atoms with Crippen molar-refractivity contribution in [1.29, 1.82) is 5.26 Å². The number of carbonyl (C=O) groups is 1.